The Morgan fingerprint density at radius 1 is 1.07 bits per heavy atom. The van der Waals surface area contributed by atoms with E-state index in [-0.39, 0.29) is 18.4 Å². The Bertz CT molecular complexity index is 787. The van der Waals surface area contributed by atoms with Crippen LogP contribution in [0.25, 0.3) is 11.1 Å². The van der Waals surface area contributed by atoms with E-state index in [1.165, 1.54) is 0 Å². The number of carboxylic acid groups (broad SMARTS) is 1. The van der Waals surface area contributed by atoms with Crippen LogP contribution in [0.15, 0.2) is 48.5 Å². The van der Waals surface area contributed by atoms with Gasteiger partial charge in [-0.05, 0) is 34.6 Å². The van der Waals surface area contributed by atoms with E-state index in [2.05, 4.69) is 17.4 Å². The van der Waals surface area contributed by atoms with Gasteiger partial charge in [-0.25, -0.2) is 9.59 Å². The second-order valence-electron chi connectivity index (χ2n) is 7.11. The third kappa shape index (κ3) is 4.13. The van der Waals surface area contributed by atoms with Gasteiger partial charge in [0, 0.05) is 5.92 Å². The third-order valence-electron chi connectivity index (χ3n) is 5.27. The first-order valence-corrected chi connectivity index (χ1v) is 9.35. The predicted octanol–water partition coefficient (Wildman–Crippen LogP) is 4.41. The topological polar surface area (TPSA) is 75.6 Å². The van der Waals surface area contributed by atoms with E-state index in [9.17, 15) is 14.7 Å². The van der Waals surface area contributed by atoms with Gasteiger partial charge in [-0.3, -0.25) is 0 Å². The standard InChI is InChI=1S/C22H25NO4/c1-3-14(2)12-20(21(24)25)23-22(26)27-13-19-17-10-6-4-8-15(17)16-9-5-7-11-18(16)19/h4-11,14,19-20H,3,12-13H2,1-2H3,(H,23,26)(H,24,25). The molecule has 1 aliphatic carbocycles. The van der Waals surface area contributed by atoms with Crippen LogP contribution in [0.5, 0.6) is 0 Å². The zero-order valence-corrected chi connectivity index (χ0v) is 15.6. The molecule has 0 fully saturated rings. The molecule has 2 aromatic rings. The molecule has 142 valence electrons. The zero-order valence-electron chi connectivity index (χ0n) is 15.6. The lowest BCUT2D eigenvalue weighted by molar-refractivity contribution is -0.139. The first-order valence-electron chi connectivity index (χ1n) is 9.35. The van der Waals surface area contributed by atoms with Gasteiger partial charge in [0.25, 0.3) is 0 Å². The molecule has 27 heavy (non-hydrogen) atoms. The Kier molecular flexibility index (Phi) is 5.79. The van der Waals surface area contributed by atoms with Crippen LogP contribution in [0, 0.1) is 5.92 Å². The Labute approximate surface area is 159 Å². The minimum Gasteiger partial charge on any atom is -0.480 e. The van der Waals surface area contributed by atoms with Crippen LogP contribution >= 0.6 is 0 Å². The Hall–Kier alpha value is -2.82. The number of carbonyl (C=O) groups is 2. The molecule has 3 rings (SSSR count). The Morgan fingerprint density at radius 2 is 1.63 bits per heavy atom. The molecule has 5 heteroatoms. The number of carbonyl (C=O) groups excluding carboxylic acids is 1. The van der Waals surface area contributed by atoms with Crippen molar-refractivity contribution in [2.45, 2.75) is 38.6 Å². The molecule has 2 unspecified atom stereocenters. The molecular formula is C22H25NO4. The molecule has 0 spiro atoms. The normalized spacial score (nSPS) is 14.7. The minimum atomic E-state index is -1.04. The van der Waals surface area contributed by atoms with Gasteiger partial charge in [-0.15, -0.1) is 0 Å². The molecule has 0 heterocycles. The van der Waals surface area contributed by atoms with Crippen molar-refractivity contribution in [2.75, 3.05) is 6.61 Å². The molecule has 2 aromatic carbocycles. The average molecular weight is 367 g/mol. The van der Waals surface area contributed by atoms with Crippen molar-refractivity contribution in [2.24, 2.45) is 5.92 Å². The van der Waals surface area contributed by atoms with E-state index in [1.807, 2.05) is 50.2 Å². The highest BCUT2D eigenvalue weighted by Gasteiger charge is 2.29. The summed E-state index contributed by atoms with van der Waals surface area (Å²) in [6.45, 7) is 4.14. The summed E-state index contributed by atoms with van der Waals surface area (Å²) in [6.07, 6.45) is 0.555. The molecule has 0 saturated heterocycles. The van der Waals surface area contributed by atoms with Gasteiger partial charge in [0.1, 0.15) is 12.6 Å². The Balaban J connectivity index is 1.68. The largest absolute Gasteiger partial charge is 0.480 e. The molecule has 0 bridgehead atoms. The highest BCUT2D eigenvalue weighted by atomic mass is 16.5. The van der Waals surface area contributed by atoms with E-state index >= 15 is 0 Å². The molecule has 0 aliphatic heterocycles. The molecule has 0 aromatic heterocycles. The van der Waals surface area contributed by atoms with Crippen molar-refractivity contribution in [3.8, 4) is 11.1 Å². The maximum atomic E-state index is 12.2. The highest BCUT2D eigenvalue weighted by Crippen LogP contribution is 2.44. The predicted molar refractivity (Wildman–Crippen MR) is 104 cm³/mol. The van der Waals surface area contributed by atoms with E-state index < -0.39 is 18.1 Å². The number of carboxylic acids is 1. The van der Waals surface area contributed by atoms with Gasteiger partial charge < -0.3 is 15.2 Å². The van der Waals surface area contributed by atoms with Crippen LogP contribution in [0.2, 0.25) is 0 Å². The lowest BCUT2D eigenvalue weighted by Gasteiger charge is -2.19. The maximum absolute atomic E-state index is 12.2. The number of ether oxygens (including phenoxy) is 1. The summed E-state index contributed by atoms with van der Waals surface area (Å²) in [5, 5.41) is 11.8. The lowest BCUT2D eigenvalue weighted by Crippen LogP contribution is -2.42. The van der Waals surface area contributed by atoms with Gasteiger partial charge in [-0.2, -0.15) is 0 Å². The fourth-order valence-electron chi connectivity index (χ4n) is 3.57. The van der Waals surface area contributed by atoms with Gasteiger partial charge >= 0.3 is 12.1 Å². The number of hydrogen-bond acceptors (Lipinski definition) is 3. The van der Waals surface area contributed by atoms with E-state index in [4.69, 9.17) is 4.74 Å². The fraction of sp³-hybridized carbons (Fsp3) is 0.364. The van der Waals surface area contributed by atoms with Gasteiger partial charge in [0.05, 0.1) is 0 Å². The molecule has 1 aliphatic rings. The van der Waals surface area contributed by atoms with Crippen LogP contribution < -0.4 is 5.32 Å². The van der Waals surface area contributed by atoms with Gasteiger partial charge in [0.2, 0.25) is 0 Å². The van der Waals surface area contributed by atoms with E-state index in [0.717, 1.165) is 28.7 Å². The van der Waals surface area contributed by atoms with Crippen molar-refractivity contribution in [3.05, 3.63) is 59.7 Å². The second kappa shape index (κ2) is 8.25. The molecule has 5 nitrogen and oxygen atoms in total. The van der Waals surface area contributed by atoms with Gasteiger partial charge in [-0.1, -0.05) is 68.8 Å². The van der Waals surface area contributed by atoms with E-state index in [1.54, 1.807) is 0 Å². The second-order valence-corrected chi connectivity index (χ2v) is 7.11. The summed E-state index contributed by atoms with van der Waals surface area (Å²) in [5.74, 6) is -0.871. The first-order chi connectivity index (χ1) is 13.0. The number of aliphatic carboxylic acids is 1. The highest BCUT2D eigenvalue weighted by molar-refractivity contribution is 5.81. The average Bonchev–Trinajstić information content (AvgIpc) is 2.99. The summed E-state index contributed by atoms with van der Waals surface area (Å²) in [6, 6.07) is 15.2. The number of fused-ring (bicyclic) bond motifs is 3. The van der Waals surface area contributed by atoms with Crippen LogP contribution in [0.1, 0.15) is 43.7 Å². The molecule has 2 N–H and O–H groups in total. The maximum Gasteiger partial charge on any atom is 0.407 e. The van der Waals surface area contributed by atoms with Crippen LogP contribution in [-0.2, 0) is 9.53 Å². The first kappa shape index (κ1) is 19.0. The minimum absolute atomic E-state index is 0.0407. The van der Waals surface area contributed by atoms with Crippen LogP contribution in [0.4, 0.5) is 4.79 Å². The lowest BCUT2D eigenvalue weighted by atomic mass is 9.98. The number of alkyl carbamates (subject to hydrolysis) is 1. The Morgan fingerprint density at radius 3 is 2.15 bits per heavy atom. The van der Waals surface area contributed by atoms with Gasteiger partial charge in [0.15, 0.2) is 0 Å². The van der Waals surface area contributed by atoms with Crippen LogP contribution in [-0.4, -0.2) is 29.8 Å². The van der Waals surface area contributed by atoms with E-state index in [0.29, 0.717) is 6.42 Å². The summed E-state index contributed by atoms with van der Waals surface area (Å²) in [7, 11) is 0. The number of nitrogens with one attached hydrogen (secondary N) is 1. The van der Waals surface area contributed by atoms with Crippen molar-refractivity contribution in [1.82, 2.24) is 5.32 Å². The summed E-state index contributed by atoms with van der Waals surface area (Å²) in [5.41, 5.74) is 4.56. The SMILES string of the molecule is CCC(C)CC(NC(=O)OCC1c2ccccc2-c2ccccc21)C(=O)O. The smallest absolute Gasteiger partial charge is 0.407 e. The fourth-order valence-corrected chi connectivity index (χ4v) is 3.57. The zero-order chi connectivity index (χ0) is 19.4. The third-order valence-corrected chi connectivity index (χ3v) is 5.27. The van der Waals surface area contributed by atoms with Crippen molar-refractivity contribution >= 4 is 12.1 Å². The van der Waals surface area contributed by atoms with Crippen molar-refractivity contribution in [3.63, 3.8) is 0 Å². The molecule has 1 amide bonds. The molecule has 0 saturated carbocycles. The number of rotatable bonds is 7. The number of amides is 1. The summed E-state index contributed by atoms with van der Waals surface area (Å²) in [4.78, 5) is 23.6. The summed E-state index contributed by atoms with van der Waals surface area (Å²) < 4.78 is 5.42. The number of hydrogen-bond donors (Lipinski definition) is 2. The summed E-state index contributed by atoms with van der Waals surface area (Å²) >= 11 is 0. The van der Waals surface area contributed by atoms with Crippen molar-refractivity contribution in [1.29, 1.82) is 0 Å². The molecule has 2 atom stereocenters. The quantitative estimate of drug-likeness (QED) is 0.760. The van der Waals surface area contributed by atoms with Crippen LogP contribution in [0.3, 0.4) is 0 Å². The van der Waals surface area contributed by atoms with Crippen molar-refractivity contribution < 1.29 is 19.4 Å². The molecule has 0 radical (unpaired) electrons. The monoisotopic (exact) mass is 367 g/mol. The number of benzene rings is 2. The molecular weight excluding hydrogens is 342 g/mol.